The first kappa shape index (κ1) is 20.7. The van der Waals surface area contributed by atoms with Crippen molar-refractivity contribution in [2.24, 2.45) is 0 Å². The minimum absolute atomic E-state index is 0.0369. The Morgan fingerprint density at radius 1 is 1.14 bits per heavy atom. The molecule has 0 N–H and O–H groups in total. The van der Waals surface area contributed by atoms with Crippen molar-refractivity contribution in [1.82, 2.24) is 0 Å². The smallest absolute Gasteiger partial charge is 0.335 e. The normalized spacial score (nSPS) is 22.1. The van der Waals surface area contributed by atoms with Gasteiger partial charge in [-0.25, -0.2) is 13.2 Å². The standard InChI is InChI=1S/C20H19Cl2NO4S/c1-3-27-19(24)20(28(22,25)26)13-18(15-9-11-16(21)12-10-15)23(14(20)2)17-7-5-4-6-8-17/h4-14H,3H2,1-2H3/t14-,20-/m1/s1. The summed E-state index contributed by atoms with van der Waals surface area (Å²) in [5.74, 6) is -0.901. The molecule has 1 heterocycles. The van der Waals surface area contributed by atoms with Crippen molar-refractivity contribution in [2.75, 3.05) is 11.5 Å². The summed E-state index contributed by atoms with van der Waals surface area (Å²) < 4.78 is 28.4. The fourth-order valence-corrected chi connectivity index (χ4v) is 5.29. The maximum atomic E-state index is 12.9. The number of carbonyl (C=O) groups excluding carboxylic acids is 1. The molecule has 0 saturated carbocycles. The van der Waals surface area contributed by atoms with Crippen molar-refractivity contribution in [3.63, 3.8) is 0 Å². The Kier molecular flexibility index (Phi) is 5.75. The average molecular weight is 440 g/mol. The van der Waals surface area contributed by atoms with Gasteiger partial charge in [-0.05, 0) is 49.8 Å². The molecular formula is C20H19Cl2NO4S. The van der Waals surface area contributed by atoms with Crippen LogP contribution >= 0.6 is 22.3 Å². The summed E-state index contributed by atoms with van der Waals surface area (Å²) in [7, 11) is 1.46. The third-order valence-corrected chi connectivity index (χ3v) is 7.24. The highest BCUT2D eigenvalue weighted by Gasteiger charge is 2.60. The van der Waals surface area contributed by atoms with Crippen LogP contribution in [0.15, 0.2) is 60.7 Å². The quantitative estimate of drug-likeness (QED) is 0.508. The van der Waals surface area contributed by atoms with Crippen LogP contribution in [0, 0.1) is 0 Å². The highest BCUT2D eigenvalue weighted by atomic mass is 35.7. The number of nitrogens with zero attached hydrogens (tertiary/aromatic N) is 1. The van der Waals surface area contributed by atoms with E-state index in [9.17, 15) is 13.2 Å². The van der Waals surface area contributed by atoms with E-state index >= 15 is 0 Å². The van der Waals surface area contributed by atoms with Gasteiger partial charge in [0, 0.05) is 27.1 Å². The Labute approximate surface area is 173 Å². The van der Waals surface area contributed by atoms with Gasteiger partial charge < -0.3 is 9.64 Å². The van der Waals surface area contributed by atoms with Crippen molar-refractivity contribution in [1.29, 1.82) is 0 Å². The summed E-state index contributed by atoms with van der Waals surface area (Å²) in [4.78, 5) is 14.6. The molecule has 28 heavy (non-hydrogen) atoms. The van der Waals surface area contributed by atoms with Gasteiger partial charge in [-0.1, -0.05) is 41.9 Å². The fraction of sp³-hybridized carbons (Fsp3) is 0.250. The first-order chi connectivity index (χ1) is 13.2. The van der Waals surface area contributed by atoms with Gasteiger partial charge in [-0.2, -0.15) is 0 Å². The Hall–Kier alpha value is -2.02. The lowest BCUT2D eigenvalue weighted by Gasteiger charge is -2.34. The lowest BCUT2D eigenvalue weighted by atomic mass is 10.0. The molecule has 0 amide bonds. The van der Waals surface area contributed by atoms with Crippen LogP contribution in [0.2, 0.25) is 5.02 Å². The molecule has 0 bridgehead atoms. The largest absolute Gasteiger partial charge is 0.464 e. The third kappa shape index (κ3) is 3.41. The van der Waals surface area contributed by atoms with Crippen LogP contribution in [0.4, 0.5) is 5.69 Å². The maximum absolute atomic E-state index is 12.9. The molecule has 3 rings (SSSR count). The summed E-state index contributed by atoms with van der Waals surface area (Å²) >= 11 is 6.00. The highest BCUT2D eigenvalue weighted by Crippen LogP contribution is 2.45. The number of hydrogen-bond acceptors (Lipinski definition) is 5. The van der Waals surface area contributed by atoms with Crippen molar-refractivity contribution in [2.45, 2.75) is 24.6 Å². The van der Waals surface area contributed by atoms with E-state index in [2.05, 4.69) is 0 Å². The zero-order chi connectivity index (χ0) is 20.5. The van der Waals surface area contributed by atoms with E-state index in [1.807, 2.05) is 30.3 Å². The molecule has 0 aliphatic carbocycles. The van der Waals surface area contributed by atoms with Gasteiger partial charge in [0.2, 0.25) is 4.75 Å². The molecule has 2 aromatic carbocycles. The molecule has 2 atom stereocenters. The molecular weight excluding hydrogens is 421 g/mol. The number of carbonyl (C=O) groups is 1. The number of halogens is 2. The topological polar surface area (TPSA) is 63.7 Å². The van der Waals surface area contributed by atoms with Crippen molar-refractivity contribution < 1.29 is 17.9 Å². The monoisotopic (exact) mass is 439 g/mol. The number of hydrogen-bond donors (Lipinski definition) is 0. The van der Waals surface area contributed by atoms with Crippen LogP contribution in [-0.2, 0) is 18.6 Å². The first-order valence-electron chi connectivity index (χ1n) is 8.67. The second-order valence-corrected chi connectivity index (χ2v) is 9.58. The second kappa shape index (κ2) is 7.78. The molecule has 148 valence electrons. The molecule has 8 heteroatoms. The van der Waals surface area contributed by atoms with Gasteiger partial charge >= 0.3 is 5.97 Å². The van der Waals surface area contributed by atoms with Gasteiger partial charge in [-0.15, -0.1) is 0 Å². The molecule has 1 aliphatic heterocycles. The van der Waals surface area contributed by atoms with E-state index in [1.165, 1.54) is 6.08 Å². The minimum Gasteiger partial charge on any atom is -0.464 e. The molecule has 1 aliphatic rings. The van der Waals surface area contributed by atoms with Gasteiger partial charge in [-0.3, -0.25) is 0 Å². The van der Waals surface area contributed by atoms with Crippen LogP contribution in [-0.4, -0.2) is 31.8 Å². The average Bonchev–Trinajstić information content (AvgIpc) is 2.97. The van der Waals surface area contributed by atoms with E-state index in [4.69, 9.17) is 27.0 Å². The highest BCUT2D eigenvalue weighted by molar-refractivity contribution is 8.15. The van der Waals surface area contributed by atoms with Crippen LogP contribution in [0.5, 0.6) is 0 Å². The summed E-state index contributed by atoms with van der Waals surface area (Å²) in [6, 6.07) is 15.3. The molecule has 0 aromatic heterocycles. The van der Waals surface area contributed by atoms with Gasteiger partial charge in [0.25, 0.3) is 9.05 Å². The Balaban J connectivity index is 2.27. The molecule has 0 fully saturated rings. The predicted molar refractivity (Wildman–Crippen MR) is 112 cm³/mol. The molecule has 0 spiro atoms. The van der Waals surface area contributed by atoms with E-state index < -0.39 is 25.8 Å². The SMILES string of the molecule is CCOC(=O)[C@@]1(S(=O)(=O)Cl)C=C(c2ccc(Cl)cc2)N(c2ccccc2)[C@@H]1C. The van der Waals surface area contributed by atoms with E-state index in [0.717, 1.165) is 5.69 Å². The van der Waals surface area contributed by atoms with Crippen molar-refractivity contribution >= 4 is 48.7 Å². The van der Waals surface area contributed by atoms with Crippen LogP contribution in [0.1, 0.15) is 19.4 Å². The van der Waals surface area contributed by atoms with E-state index in [-0.39, 0.29) is 6.61 Å². The van der Waals surface area contributed by atoms with Crippen LogP contribution in [0.3, 0.4) is 0 Å². The first-order valence-corrected chi connectivity index (χ1v) is 11.4. The third-order valence-electron chi connectivity index (χ3n) is 4.79. The Bertz CT molecular complexity index is 1010. The number of anilines is 1. The lowest BCUT2D eigenvalue weighted by molar-refractivity contribution is -0.145. The summed E-state index contributed by atoms with van der Waals surface area (Å²) in [6.07, 6.45) is 1.38. The lowest BCUT2D eigenvalue weighted by Crippen LogP contribution is -2.54. The zero-order valence-electron chi connectivity index (χ0n) is 15.3. The van der Waals surface area contributed by atoms with Gasteiger partial charge in [0.05, 0.1) is 12.6 Å². The molecule has 5 nitrogen and oxygen atoms in total. The Morgan fingerprint density at radius 2 is 1.75 bits per heavy atom. The Morgan fingerprint density at radius 3 is 2.29 bits per heavy atom. The maximum Gasteiger partial charge on any atom is 0.335 e. The van der Waals surface area contributed by atoms with Crippen LogP contribution < -0.4 is 4.90 Å². The number of benzene rings is 2. The predicted octanol–water partition coefficient (Wildman–Crippen LogP) is 4.46. The molecule has 0 radical (unpaired) electrons. The van der Waals surface area contributed by atoms with Gasteiger partial charge in [0.15, 0.2) is 0 Å². The number of ether oxygens (including phenoxy) is 1. The van der Waals surface area contributed by atoms with Crippen molar-refractivity contribution in [3.05, 3.63) is 71.3 Å². The zero-order valence-corrected chi connectivity index (χ0v) is 17.6. The van der Waals surface area contributed by atoms with E-state index in [1.54, 1.807) is 43.0 Å². The van der Waals surface area contributed by atoms with Crippen LogP contribution in [0.25, 0.3) is 5.70 Å². The number of esters is 1. The number of rotatable bonds is 5. The summed E-state index contributed by atoms with van der Waals surface area (Å²) in [5, 5.41) is 0.545. The molecule has 0 saturated heterocycles. The fourth-order valence-electron chi connectivity index (χ4n) is 3.44. The molecule has 2 aromatic rings. The number of para-hydroxylation sites is 1. The van der Waals surface area contributed by atoms with Crippen molar-refractivity contribution in [3.8, 4) is 0 Å². The summed E-state index contributed by atoms with van der Waals surface area (Å²) in [5.41, 5.74) is 1.96. The second-order valence-electron chi connectivity index (χ2n) is 6.37. The summed E-state index contributed by atoms with van der Waals surface area (Å²) in [6.45, 7) is 3.29. The van der Waals surface area contributed by atoms with E-state index in [0.29, 0.717) is 16.3 Å². The minimum atomic E-state index is -4.37. The molecule has 0 unspecified atom stereocenters. The van der Waals surface area contributed by atoms with Gasteiger partial charge in [0.1, 0.15) is 0 Å².